The SMILES string of the molecule is O=C(Nc1ccccn1)C1CCN(S(=O)(=O)c2ccc(F)cc2)CC1. The Morgan fingerprint density at radius 1 is 1.12 bits per heavy atom. The Morgan fingerprint density at radius 2 is 1.80 bits per heavy atom. The second-order valence-corrected chi connectivity index (χ2v) is 7.77. The summed E-state index contributed by atoms with van der Waals surface area (Å²) in [6, 6.07) is 10.00. The molecule has 1 saturated heterocycles. The van der Waals surface area contributed by atoms with E-state index in [0.717, 1.165) is 12.1 Å². The Balaban J connectivity index is 1.61. The van der Waals surface area contributed by atoms with Crippen LogP contribution < -0.4 is 5.32 Å². The van der Waals surface area contributed by atoms with Gasteiger partial charge in [0.15, 0.2) is 0 Å². The van der Waals surface area contributed by atoms with Gasteiger partial charge in [-0.1, -0.05) is 6.07 Å². The van der Waals surface area contributed by atoms with Crippen molar-refractivity contribution in [1.29, 1.82) is 0 Å². The first-order valence-corrected chi connectivity index (χ1v) is 9.38. The Labute approximate surface area is 145 Å². The smallest absolute Gasteiger partial charge is 0.243 e. The Kier molecular flexibility index (Phi) is 5.10. The minimum absolute atomic E-state index is 0.0605. The predicted octanol–water partition coefficient (Wildman–Crippen LogP) is 2.26. The van der Waals surface area contributed by atoms with Gasteiger partial charge in [-0.15, -0.1) is 0 Å². The van der Waals surface area contributed by atoms with Crippen molar-refractivity contribution < 1.29 is 17.6 Å². The molecule has 1 amide bonds. The summed E-state index contributed by atoms with van der Waals surface area (Å²) in [6.07, 6.45) is 2.45. The number of rotatable bonds is 4. The monoisotopic (exact) mass is 363 g/mol. The topological polar surface area (TPSA) is 79.4 Å². The van der Waals surface area contributed by atoms with Crippen LogP contribution in [0, 0.1) is 11.7 Å². The summed E-state index contributed by atoms with van der Waals surface area (Å²) in [4.78, 5) is 16.4. The average molecular weight is 363 g/mol. The highest BCUT2D eigenvalue weighted by molar-refractivity contribution is 7.89. The predicted molar refractivity (Wildman–Crippen MR) is 90.7 cm³/mol. The minimum Gasteiger partial charge on any atom is -0.310 e. The first kappa shape index (κ1) is 17.5. The third-order valence-electron chi connectivity index (χ3n) is 4.19. The maximum Gasteiger partial charge on any atom is 0.243 e. The fourth-order valence-electron chi connectivity index (χ4n) is 2.78. The number of aromatic nitrogens is 1. The van der Waals surface area contributed by atoms with Gasteiger partial charge in [-0.05, 0) is 49.2 Å². The molecule has 2 heterocycles. The lowest BCUT2D eigenvalue weighted by atomic mass is 9.97. The van der Waals surface area contributed by atoms with E-state index in [1.54, 1.807) is 24.4 Å². The van der Waals surface area contributed by atoms with E-state index in [-0.39, 0.29) is 29.8 Å². The number of halogens is 1. The first-order valence-electron chi connectivity index (χ1n) is 7.94. The standard InChI is InChI=1S/C17H18FN3O3S/c18-14-4-6-15(7-5-14)25(23,24)21-11-8-13(9-12-21)17(22)20-16-3-1-2-10-19-16/h1-7,10,13H,8-9,11-12H2,(H,19,20,22). The van der Waals surface area contributed by atoms with Gasteiger partial charge >= 0.3 is 0 Å². The molecule has 0 bridgehead atoms. The van der Waals surface area contributed by atoms with Gasteiger partial charge in [-0.3, -0.25) is 4.79 Å². The fourth-order valence-corrected chi connectivity index (χ4v) is 4.25. The quantitative estimate of drug-likeness (QED) is 0.904. The van der Waals surface area contributed by atoms with Crippen molar-refractivity contribution in [3.8, 4) is 0 Å². The van der Waals surface area contributed by atoms with Crippen LogP contribution in [0.2, 0.25) is 0 Å². The summed E-state index contributed by atoms with van der Waals surface area (Å²) in [7, 11) is -3.66. The molecule has 6 nitrogen and oxygen atoms in total. The molecule has 1 fully saturated rings. The zero-order chi connectivity index (χ0) is 17.9. The van der Waals surface area contributed by atoms with Gasteiger partial charge in [0, 0.05) is 25.2 Å². The molecule has 0 unspecified atom stereocenters. The van der Waals surface area contributed by atoms with Gasteiger partial charge in [0.1, 0.15) is 11.6 Å². The van der Waals surface area contributed by atoms with Gasteiger partial charge in [0.25, 0.3) is 0 Å². The second kappa shape index (κ2) is 7.28. The van der Waals surface area contributed by atoms with E-state index in [1.165, 1.54) is 16.4 Å². The van der Waals surface area contributed by atoms with Crippen molar-refractivity contribution in [1.82, 2.24) is 9.29 Å². The molecule has 132 valence electrons. The number of carbonyl (C=O) groups excluding carboxylic acids is 1. The minimum atomic E-state index is -3.66. The maximum absolute atomic E-state index is 13.0. The summed E-state index contributed by atoms with van der Waals surface area (Å²) in [5.41, 5.74) is 0. The van der Waals surface area contributed by atoms with Gasteiger partial charge in [-0.25, -0.2) is 17.8 Å². The van der Waals surface area contributed by atoms with Gasteiger partial charge in [0.2, 0.25) is 15.9 Å². The number of benzene rings is 1. The number of nitrogens with zero attached hydrogens (tertiary/aromatic N) is 2. The first-order chi connectivity index (χ1) is 12.0. The number of nitrogens with one attached hydrogen (secondary N) is 1. The molecule has 0 radical (unpaired) electrons. The summed E-state index contributed by atoms with van der Waals surface area (Å²) in [6.45, 7) is 0.500. The maximum atomic E-state index is 13.0. The summed E-state index contributed by atoms with van der Waals surface area (Å²) in [5, 5.41) is 2.74. The largest absolute Gasteiger partial charge is 0.310 e. The van der Waals surface area contributed by atoms with Gasteiger partial charge in [-0.2, -0.15) is 4.31 Å². The highest BCUT2D eigenvalue weighted by atomic mass is 32.2. The number of hydrogen-bond donors (Lipinski definition) is 1. The van der Waals surface area contributed by atoms with Crippen LogP contribution in [0.1, 0.15) is 12.8 Å². The van der Waals surface area contributed by atoms with Crippen molar-refractivity contribution in [3.63, 3.8) is 0 Å². The Bertz CT molecular complexity index is 833. The zero-order valence-corrected chi connectivity index (χ0v) is 14.2. The van der Waals surface area contributed by atoms with E-state index < -0.39 is 15.8 Å². The fraction of sp³-hybridized carbons (Fsp3) is 0.294. The van der Waals surface area contributed by atoms with E-state index in [9.17, 15) is 17.6 Å². The molecule has 0 saturated carbocycles. The third-order valence-corrected chi connectivity index (χ3v) is 6.11. The van der Waals surface area contributed by atoms with E-state index in [4.69, 9.17) is 0 Å². The lowest BCUT2D eigenvalue weighted by Crippen LogP contribution is -2.41. The molecule has 3 rings (SSSR count). The second-order valence-electron chi connectivity index (χ2n) is 5.84. The number of amides is 1. The normalized spacial score (nSPS) is 16.5. The Morgan fingerprint density at radius 3 is 2.40 bits per heavy atom. The van der Waals surface area contributed by atoms with Gasteiger partial charge in [0.05, 0.1) is 4.90 Å². The highest BCUT2D eigenvalue weighted by Gasteiger charge is 2.32. The molecular weight excluding hydrogens is 345 g/mol. The van der Waals surface area contributed by atoms with E-state index >= 15 is 0 Å². The number of sulfonamides is 1. The average Bonchev–Trinajstić information content (AvgIpc) is 2.63. The number of carbonyl (C=O) groups is 1. The summed E-state index contributed by atoms with van der Waals surface area (Å²) >= 11 is 0. The number of anilines is 1. The molecule has 1 aromatic heterocycles. The zero-order valence-electron chi connectivity index (χ0n) is 13.4. The van der Waals surface area contributed by atoms with Crippen molar-refractivity contribution in [2.24, 2.45) is 5.92 Å². The lowest BCUT2D eigenvalue weighted by Gasteiger charge is -2.30. The van der Waals surface area contributed by atoms with Crippen LogP contribution in [-0.2, 0) is 14.8 Å². The molecule has 0 spiro atoms. The molecule has 0 atom stereocenters. The van der Waals surface area contributed by atoms with Gasteiger partial charge < -0.3 is 5.32 Å². The van der Waals surface area contributed by atoms with Crippen molar-refractivity contribution >= 4 is 21.7 Å². The molecule has 1 N–H and O–H groups in total. The molecule has 1 aromatic carbocycles. The Hall–Kier alpha value is -2.32. The lowest BCUT2D eigenvalue weighted by molar-refractivity contribution is -0.120. The van der Waals surface area contributed by atoms with Crippen LogP contribution in [0.5, 0.6) is 0 Å². The van der Waals surface area contributed by atoms with E-state index in [0.29, 0.717) is 18.7 Å². The van der Waals surface area contributed by atoms with Crippen LogP contribution in [0.4, 0.5) is 10.2 Å². The summed E-state index contributed by atoms with van der Waals surface area (Å²) < 4.78 is 39.4. The molecule has 2 aromatic rings. The number of piperidine rings is 1. The van der Waals surface area contributed by atoms with Crippen LogP contribution in [-0.4, -0.2) is 36.7 Å². The van der Waals surface area contributed by atoms with Crippen LogP contribution in [0.3, 0.4) is 0 Å². The third kappa shape index (κ3) is 4.02. The van der Waals surface area contributed by atoms with Crippen molar-refractivity contribution in [2.45, 2.75) is 17.7 Å². The highest BCUT2D eigenvalue weighted by Crippen LogP contribution is 2.24. The molecule has 1 aliphatic rings. The van der Waals surface area contributed by atoms with Crippen molar-refractivity contribution in [3.05, 3.63) is 54.5 Å². The number of hydrogen-bond acceptors (Lipinski definition) is 4. The van der Waals surface area contributed by atoms with E-state index in [1.807, 2.05) is 0 Å². The van der Waals surface area contributed by atoms with Crippen molar-refractivity contribution in [2.75, 3.05) is 18.4 Å². The molecule has 25 heavy (non-hydrogen) atoms. The van der Waals surface area contributed by atoms with E-state index in [2.05, 4.69) is 10.3 Å². The summed E-state index contributed by atoms with van der Waals surface area (Å²) in [5.74, 6) is -0.420. The van der Waals surface area contributed by atoms with Crippen LogP contribution >= 0.6 is 0 Å². The van der Waals surface area contributed by atoms with Crippen LogP contribution in [0.25, 0.3) is 0 Å². The number of pyridine rings is 1. The molecule has 8 heteroatoms. The molecule has 1 aliphatic heterocycles. The van der Waals surface area contributed by atoms with Crippen LogP contribution in [0.15, 0.2) is 53.6 Å². The molecular formula is C17H18FN3O3S. The molecule has 0 aliphatic carbocycles.